The Balaban J connectivity index is 2.27. The molecule has 2 heterocycles. The van der Waals surface area contributed by atoms with Gasteiger partial charge < -0.3 is 5.32 Å². The highest BCUT2D eigenvalue weighted by Gasteiger charge is 2.19. The monoisotopic (exact) mass is 272 g/mol. The fourth-order valence-corrected chi connectivity index (χ4v) is 2.05. The van der Waals surface area contributed by atoms with Crippen LogP contribution in [0.4, 0.5) is 5.82 Å². The Morgan fingerprint density at radius 1 is 1.30 bits per heavy atom. The third-order valence-corrected chi connectivity index (χ3v) is 3.05. The average Bonchev–Trinajstić information content (AvgIpc) is 2.86. The average molecular weight is 272 g/mol. The van der Waals surface area contributed by atoms with Crippen LogP contribution in [-0.4, -0.2) is 20.7 Å². The lowest BCUT2D eigenvalue weighted by atomic mass is 10.1. The lowest BCUT2D eigenvalue weighted by molar-refractivity contribution is 0.102. The lowest BCUT2D eigenvalue weighted by Crippen LogP contribution is -2.27. The molecule has 2 aromatic rings. The van der Waals surface area contributed by atoms with Gasteiger partial charge in [-0.15, -0.1) is 0 Å². The number of carbonyl (C=O) groups is 1. The minimum atomic E-state index is -0.183. The Hall–Kier alpha value is -2.17. The minimum Gasteiger partial charge on any atom is -0.307 e. The number of aryl methyl sites for hydroxylation is 1. The summed E-state index contributed by atoms with van der Waals surface area (Å²) in [5.74, 6) is 0.566. The molecule has 20 heavy (non-hydrogen) atoms. The smallest absolute Gasteiger partial charge is 0.257 e. The van der Waals surface area contributed by atoms with Gasteiger partial charge in [-0.1, -0.05) is 6.92 Å². The first-order valence-corrected chi connectivity index (χ1v) is 6.72. The molecule has 0 radical (unpaired) electrons. The van der Waals surface area contributed by atoms with Gasteiger partial charge in [0.15, 0.2) is 0 Å². The van der Waals surface area contributed by atoms with Crippen LogP contribution >= 0.6 is 0 Å². The minimum absolute atomic E-state index is 0.129. The summed E-state index contributed by atoms with van der Waals surface area (Å²) in [6, 6.07) is 3.54. The molecule has 2 aromatic heterocycles. The van der Waals surface area contributed by atoms with Crippen LogP contribution in [0.15, 0.2) is 30.7 Å². The van der Waals surface area contributed by atoms with Gasteiger partial charge in [0.2, 0.25) is 0 Å². The van der Waals surface area contributed by atoms with Crippen LogP contribution in [0.2, 0.25) is 0 Å². The van der Waals surface area contributed by atoms with Crippen molar-refractivity contribution in [1.29, 1.82) is 0 Å². The highest BCUT2D eigenvalue weighted by Crippen LogP contribution is 2.20. The number of pyridine rings is 1. The number of nitrogens with one attached hydrogen (secondary N) is 1. The Morgan fingerprint density at radius 2 is 2.05 bits per heavy atom. The Labute approximate surface area is 119 Å². The Morgan fingerprint density at radius 3 is 2.70 bits per heavy atom. The molecule has 0 saturated heterocycles. The standard InChI is InChI=1S/C15H20N4O/c1-5-11-10-16-8-6-12(11)14(20)18-13-7-9-17-19(13)15(2,3)4/h6-10H,5H2,1-4H3,(H,18,20). The zero-order chi connectivity index (χ0) is 14.8. The number of hydrogen-bond donors (Lipinski definition) is 1. The molecule has 0 aliphatic rings. The van der Waals surface area contributed by atoms with Crippen molar-refractivity contribution in [2.75, 3.05) is 5.32 Å². The molecular weight excluding hydrogens is 252 g/mol. The van der Waals surface area contributed by atoms with Crippen LogP contribution in [0.1, 0.15) is 43.6 Å². The Kier molecular flexibility index (Phi) is 3.88. The molecule has 5 heteroatoms. The number of nitrogens with zero attached hydrogens (tertiary/aromatic N) is 3. The first kappa shape index (κ1) is 14.2. The van der Waals surface area contributed by atoms with E-state index in [4.69, 9.17) is 0 Å². The van der Waals surface area contributed by atoms with Gasteiger partial charge in [-0.2, -0.15) is 5.10 Å². The predicted molar refractivity (Wildman–Crippen MR) is 78.8 cm³/mol. The van der Waals surface area contributed by atoms with Crippen molar-refractivity contribution in [1.82, 2.24) is 14.8 Å². The number of hydrogen-bond acceptors (Lipinski definition) is 3. The summed E-state index contributed by atoms with van der Waals surface area (Å²) in [5.41, 5.74) is 1.41. The SMILES string of the molecule is CCc1cnccc1C(=O)Nc1ccnn1C(C)(C)C. The summed E-state index contributed by atoms with van der Waals surface area (Å²) in [7, 11) is 0. The second-order valence-corrected chi connectivity index (χ2v) is 5.64. The van der Waals surface area contributed by atoms with E-state index in [2.05, 4.69) is 15.4 Å². The highest BCUT2D eigenvalue weighted by atomic mass is 16.1. The van der Waals surface area contributed by atoms with Gasteiger partial charge in [0.05, 0.1) is 11.7 Å². The molecule has 2 rings (SSSR count). The molecule has 1 amide bonds. The van der Waals surface area contributed by atoms with Crippen molar-refractivity contribution in [3.63, 3.8) is 0 Å². The summed E-state index contributed by atoms with van der Waals surface area (Å²) in [4.78, 5) is 16.4. The van der Waals surface area contributed by atoms with Gasteiger partial charge in [0, 0.05) is 24.0 Å². The molecule has 0 fully saturated rings. The van der Waals surface area contributed by atoms with E-state index in [1.165, 1.54) is 0 Å². The summed E-state index contributed by atoms with van der Waals surface area (Å²) >= 11 is 0. The van der Waals surface area contributed by atoms with E-state index in [-0.39, 0.29) is 11.4 Å². The van der Waals surface area contributed by atoms with E-state index in [1.807, 2.05) is 27.7 Å². The van der Waals surface area contributed by atoms with Gasteiger partial charge in [-0.3, -0.25) is 9.78 Å². The fraction of sp³-hybridized carbons (Fsp3) is 0.400. The van der Waals surface area contributed by atoms with Crippen molar-refractivity contribution in [3.05, 3.63) is 41.9 Å². The summed E-state index contributed by atoms with van der Waals surface area (Å²) < 4.78 is 1.80. The van der Waals surface area contributed by atoms with Crippen LogP contribution in [-0.2, 0) is 12.0 Å². The van der Waals surface area contributed by atoms with Crippen molar-refractivity contribution in [3.8, 4) is 0 Å². The van der Waals surface area contributed by atoms with Crippen LogP contribution in [0.25, 0.3) is 0 Å². The number of aromatic nitrogens is 3. The highest BCUT2D eigenvalue weighted by molar-refractivity contribution is 6.04. The van der Waals surface area contributed by atoms with Gasteiger partial charge >= 0.3 is 0 Å². The predicted octanol–water partition coefficient (Wildman–Crippen LogP) is 2.85. The normalized spacial score (nSPS) is 11.4. The van der Waals surface area contributed by atoms with E-state index in [1.54, 1.807) is 35.4 Å². The maximum atomic E-state index is 12.4. The second-order valence-electron chi connectivity index (χ2n) is 5.64. The molecular formula is C15H20N4O. The van der Waals surface area contributed by atoms with E-state index < -0.39 is 0 Å². The zero-order valence-electron chi connectivity index (χ0n) is 12.3. The maximum absolute atomic E-state index is 12.4. The molecule has 106 valence electrons. The summed E-state index contributed by atoms with van der Waals surface area (Å²) in [6.45, 7) is 8.13. The van der Waals surface area contributed by atoms with E-state index in [0.29, 0.717) is 11.4 Å². The number of amides is 1. The molecule has 0 aliphatic heterocycles. The molecule has 0 saturated carbocycles. The third-order valence-electron chi connectivity index (χ3n) is 3.05. The number of rotatable bonds is 3. The molecule has 0 atom stereocenters. The van der Waals surface area contributed by atoms with Gasteiger partial charge in [0.1, 0.15) is 5.82 Å². The van der Waals surface area contributed by atoms with Crippen LogP contribution < -0.4 is 5.32 Å². The second kappa shape index (κ2) is 5.45. The third kappa shape index (κ3) is 2.87. The van der Waals surface area contributed by atoms with Crippen molar-refractivity contribution in [2.45, 2.75) is 39.7 Å². The van der Waals surface area contributed by atoms with Crippen LogP contribution in [0.3, 0.4) is 0 Å². The first-order valence-electron chi connectivity index (χ1n) is 6.72. The number of carbonyl (C=O) groups excluding carboxylic acids is 1. The van der Waals surface area contributed by atoms with Crippen molar-refractivity contribution in [2.24, 2.45) is 0 Å². The first-order chi connectivity index (χ1) is 9.43. The number of anilines is 1. The fourth-order valence-electron chi connectivity index (χ4n) is 2.05. The Bertz CT molecular complexity index is 610. The van der Waals surface area contributed by atoms with Gasteiger partial charge in [0.25, 0.3) is 5.91 Å². The molecule has 1 N–H and O–H groups in total. The molecule has 0 aromatic carbocycles. The molecule has 0 aliphatic carbocycles. The summed E-state index contributed by atoms with van der Waals surface area (Å²) in [5, 5.41) is 7.19. The van der Waals surface area contributed by atoms with E-state index >= 15 is 0 Å². The van der Waals surface area contributed by atoms with Gasteiger partial charge in [-0.25, -0.2) is 4.68 Å². The quantitative estimate of drug-likeness (QED) is 0.934. The molecule has 0 bridgehead atoms. The van der Waals surface area contributed by atoms with E-state index in [9.17, 15) is 4.79 Å². The lowest BCUT2D eigenvalue weighted by Gasteiger charge is -2.22. The summed E-state index contributed by atoms with van der Waals surface area (Å²) in [6.07, 6.45) is 5.83. The van der Waals surface area contributed by atoms with Crippen molar-refractivity contribution < 1.29 is 4.79 Å². The topological polar surface area (TPSA) is 59.8 Å². The largest absolute Gasteiger partial charge is 0.307 e. The van der Waals surface area contributed by atoms with Crippen molar-refractivity contribution >= 4 is 11.7 Å². The van der Waals surface area contributed by atoms with Gasteiger partial charge in [-0.05, 0) is 38.8 Å². The molecule has 5 nitrogen and oxygen atoms in total. The zero-order valence-corrected chi connectivity index (χ0v) is 12.3. The molecule has 0 unspecified atom stereocenters. The van der Waals surface area contributed by atoms with E-state index in [0.717, 1.165) is 12.0 Å². The molecule has 0 spiro atoms. The van der Waals surface area contributed by atoms with Crippen LogP contribution in [0.5, 0.6) is 0 Å². The van der Waals surface area contributed by atoms with Crippen LogP contribution in [0, 0.1) is 0 Å². The maximum Gasteiger partial charge on any atom is 0.257 e.